The summed E-state index contributed by atoms with van der Waals surface area (Å²) in [6, 6.07) is 10.2. The Morgan fingerprint density at radius 1 is 1.36 bits per heavy atom. The molecule has 2 nitrogen and oxygen atoms in total. The zero-order valence-electron chi connectivity index (χ0n) is 7.94. The third-order valence-electron chi connectivity index (χ3n) is 2.74. The van der Waals surface area contributed by atoms with Gasteiger partial charge in [0.25, 0.3) is 0 Å². The first-order valence-electron chi connectivity index (χ1n) is 4.94. The third kappa shape index (κ3) is 2.10. The fraction of sp³-hybridized carbons (Fsp3) is 0.455. The van der Waals surface area contributed by atoms with Gasteiger partial charge in [0.1, 0.15) is 0 Å². The second-order valence-corrected chi connectivity index (χ2v) is 4.93. The molecule has 0 bridgehead atoms. The van der Waals surface area contributed by atoms with Crippen LogP contribution >= 0.6 is 22.9 Å². The Bertz CT molecular complexity index is 291. The van der Waals surface area contributed by atoms with E-state index in [1.54, 1.807) is 0 Å². The van der Waals surface area contributed by atoms with Gasteiger partial charge in [-0.1, -0.05) is 30.3 Å². The Balaban J connectivity index is 2.12. The van der Waals surface area contributed by atoms with Crippen molar-refractivity contribution in [3.63, 3.8) is 0 Å². The van der Waals surface area contributed by atoms with E-state index >= 15 is 0 Å². The molecule has 1 aromatic rings. The Kier molecular flexibility index (Phi) is 3.41. The van der Waals surface area contributed by atoms with Crippen LogP contribution in [-0.4, -0.2) is 20.8 Å². The molecule has 0 unspecified atom stereocenters. The van der Waals surface area contributed by atoms with Crippen LogP contribution in [0.5, 0.6) is 0 Å². The lowest BCUT2D eigenvalue weighted by molar-refractivity contribution is 0.117. The lowest BCUT2D eigenvalue weighted by atomic mass is 10.0. The van der Waals surface area contributed by atoms with Crippen molar-refractivity contribution in [2.24, 2.45) is 0 Å². The van der Waals surface area contributed by atoms with E-state index < -0.39 is 0 Å². The van der Waals surface area contributed by atoms with Gasteiger partial charge < -0.3 is 5.11 Å². The van der Waals surface area contributed by atoms with Crippen molar-refractivity contribution in [1.29, 1.82) is 0 Å². The van der Waals surface area contributed by atoms with Gasteiger partial charge in [0.2, 0.25) is 0 Å². The normalized spacial score (nSPS) is 25.1. The maximum atomic E-state index is 10.1. The molecule has 2 atom stereocenters. The van der Waals surface area contributed by atoms with Crippen molar-refractivity contribution in [1.82, 2.24) is 3.11 Å². The summed E-state index contributed by atoms with van der Waals surface area (Å²) in [5, 5.41) is 10.1. The second kappa shape index (κ2) is 4.59. The summed E-state index contributed by atoms with van der Waals surface area (Å²) < 4.78 is 2.22. The van der Waals surface area contributed by atoms with Gasteiger partial charge in [0, 0.05) is 35.5 Å². The van der Waals surface area contributed by atoms with Gasteiger partial charge in [-0.15, -0.1) is 0 Å². The number of hydrogen-bond donors (Lipinski definition) is 1. The highest BCUT2D eigenvalue weighted by Gasteiger charge is 2.29. The molecule has 1 aliphatic heterocycles. The Morgan fingerprint density at radius 2 is 2.07 bits per heavy atom. The summed E-state index contributed by atoms with van der Waals surface area (Å²) in [5.41, 5.74) is 1.03. The molecule has 14 heavy (non-hydrogen) atoms. The topological polar surface area (TPSA) is 23.5 Å². The van der Waals surface area contributed by atoms with E-state index in [0.29, 0.717) is 0 Å². The zero-order chi connectivity index (χ0) is 9.97. The van der Waals surface area contributed by atoms with Gasteiger partial charge >= 0.3 is 0 Å². The quantitative estimate of drug-likeness (QED) is 0.670. The van der Waals surface area contributed by atoms with E-state index in [1.165, 1.54) is 6.42 Å². The summed E-state index contributed by atoms with van der Waals surface area (Å²) >= 11 is 2.31. The van der Waals surface area contributed by atoms with Crippen molar-refractivity contribution in [2.45, 2.75) is 25.0 Å². The average Bonchev–Trinajstić information content (AvgIpc) is 2.65. The molecule has 0 aliphatic carbocycles. The van der Waals surface area contributed by atoms with Gasteiger partial charge in [-0.3, -0.25) is 0 Å². The number of aliphatic hydroxyl groups is 1. The van der Waals surface area contributed by atoms with E-state index in [2.05, 4.69) is 26.0 Å². The Labute approximate surface area is 98.4 Å². The van der Waals surface area contributed by atoms with Crippen molar-refractivity contribution >= 4 is 22.9 Å². The van der Waals surface area contributed by atoms with E-state index in [9.17, 15) is 5.11 Å². The van der Waals surface area contributed by atoms with Crippen molar-refractivity contribution in [2.75, 3.05) is 6.54 Å². The van der Waals surface area contributed by atoms with Crippen LogP contribution in [0.2, 0.25) is 0 Å². The highest BCUT2D eigenvalue weighted by molar-refractivity contribution is 14.1. The highest BCUT2D eigenvalue weighted by Crippen LogP contribution is 2.31. The number of aliphatic hydroxyl groups excluding tert-OH is 1. The molecule has 1 N–H and O–H groups in total. The lowest BCUT2D eigenvalue weighted by Gasteiger charge is -2.23. The number of benzene rings is 1. The first kappa shape index (κ1) is 10.4. The average molecular weight is 303 g/mol. The SMILES string of the molecule is O[C@H](c1ccccc1)[C@@H]1CCCN1I. The Hall–Kier alpha value is -0.130. The van der Waals surface area contributed by atoms with Crippen LogP contribution in [0.3, 0.4) is 0 Å². The van der Waals surface area contributed by atoms with Crippen LogP contribution in [0.15, 0.2) is 30.3 Å². The van der Waals surface area contributed by atoms with Crippen molar-refractivity contribution in [3.05, 3.63) is 35.9 Å². The first-order valence-corrected chi connectivity index (χ1v) is 5.91. The molecule has 1 fully saturated rings. The number of nitrogens with zero attached hydrogens (tertiary/aromatic N) is 1. The van der Waals surface area contributed by atoms with E-state index in [1.807, 2.05) is 30.3 Å². The van der Waals surface area contributed by atoms with Crippen LogP contribution in [0, 0.1) is 0 Å². The van der Waals surface area contributed by atoms with Gasteiger partial charge in [0.15, 0.2) is 0 Å². The zero-order valence-corrected chi connectivity index (χ0v) is 10.1. The standard InChI is InChI=1S/C11H14INO/c12-13-8-4-7-10(13)11(14)9-5-2-1-3-6-9/h1-3,5-6,10-11,14H,4,7-8H2/t10-,11+/m0/s1. The van der Waals surface area contributed by atoms with Crippen LogP contribution < -0.4 is 0 Å². The minimum Gasteiger partial charge on any atom is -0.387 e. The minimum atomic E-state index is -0.337. The molecule has 0 aromatic heterocycles. The first-order chi connectivity index (χ1) is 6.79. The van der Waals surface area contributed by atoms with Crippen LogP contribution in [0.1, 0.15) is 24.5 Å². The molecule has 0 radical (unpaired) electrons. The molecule has 76 valence electrons. The molecule has 0 spiro atoms. The highest BCUT2D eigenvalue weighted by atomic mass is 127. The summed E-state index contributed by atoms with van der Waals surface area (Å²) in [7, 11) is 0. The van der Waals surface area contributed by atoms with E-state index in [0.717, 1.165) is 18.5 Å². The molecule has 3 heteroatoms. The van der Waals surface area contributed by atoms with Crippen molar-refractivity contribution in [3.8, 4) is 0 Å². The summed E-state index contributed by atoms with van der Waals surface area (Å²) in [5.74, 6) is 0. The molecule has 0 saturated carbocycles. The molecular formula is C11H14INO. The van der Waals surface area contributed by atoms with Crippen LogP contribution in [0.4, 0.5) is 0 Å². The molecule has 1 aliphatic rings. The maximum absolute atomic E-state index is 10.1. The second-order valence-electron chi connectivity index (χ2n) is 3.69. The maximum Gasteiger partial charge on any atom is 0.0953 e. The monoisotopic (exact) mass is 303 g/mol. The molecule has 1 aromatic carbocycles. The number of hydrogen-bond acceptors (Lipinski definition) is 2. The summed E-state index contributed by atoms with van der Waals surface area (Å²) in [4.78, 5) is 0. The molecule has 2 rings (SSSR count). The fourth-order valence-corrected chi connectivity index (χ4v) is 2.87. The minimum absolute atomic E-state index is 0.290. The molecule has 1 heterocycles. The Morgan fingerprint density at radius 3 is 2.64 bits per heavy atom. The van der Waals surface area contributed by atoms with Crippen molar-refractivity contribution < 1.29 is 5.11 Å². The lowest BCUT2D eigenvalue weighted by Crippen LogP contribution is -2.26. The molecular weight excluding hydrogens is 289 g/mol. The number of rotatable bonds is 2. The third-order valence-corrected chi connectivity index (χ3v) is 3.93. The molecule has 0 amide bonds. The summed E-state index contributed by atoms with van der Waals surface area (Å²) in [6.07, 6.45) is 1.95. The molecule has 1 saturated heterocycles. The largest absolute Gasteiger partial charge is 0.387 e. The predicted molar refractivity (Wildman–Crippen MR) is 65.1 cm³/mol. The fourth-order valence-electron chi connectivity index (χ4n) is 1.94. The summed E-state index contributed by atoms with van der Waals surface area (Å²) in [6.45, 7) is 1.09. The van der Waals surface area contributed by atoms with E-state index in [4.69, 9.17) is 0 Å². The number of halogens is 1. The predicted octanol–water partition coefficient (Wildman–Crippen LogP) is 2.53. The van der Waals surface area contributed by atoms with Crippen LogP contribution in [0.25, 0.3) is 0 Å². The van der Waals surface area contributed by atoms with Gasteiger partial charge in [-0.2, -0.15) is 0 Å². The van der Waals surface area contributed by atoms with Gasteiger partial charge in [-0.25, -0.2) is 3.11 Å². The smallest absolute Gasteiger partial charge is 0.0953 e. The van der Waals surface area contributed by atoms with Crippen LogP contribution in [-0.2, 0) is 0 Å². The van der Waals surface area contributed by atoms with Gasteiger partial charge in [0.05, 0.1) is 6.10 Å². The van der Waals surface area contributed by atoms with Gasteiger partial charge in [-0.05, 0) is 18.4 Å². The van der Waals surface area contributed by atoms with E-state index in [-0.39, 0.29) is 12.1 Å².